The minimum absolute atomic E-state index is 0.0971. The number of nitrogens with one attached hydrogen (secondary N) is 2. The predicted molar refractivity (Wildman–Crippen MR) is 238 cm³/mol. The number of cyclic esters (lactones) is 1. The molecule has 16 heteroatoms. The van der Waals surface area contributed by atoms with E-state index < -0.39 is 46.9 Å². The van der Waals surface area contributed by atoms with E-state index in [2.05, 4.69) is 60.3 Å². The number of benzene rings is 1. The first-order chi connectivity index (χ1) is 29.5. The molecule has 6 bridgehead atoms. The van der Waals surface area contributed by atoms with E-state index in [9.17, 15) is 19.2 Å². The maximum absolute atomic E-state index is 14.6. The second kappa shape index (κ2) is 18.1. The molecule has 3 aromatic heterocycles. The van der Waals surface area contributed by atoms with Gasteiger partial charge in [-0.25, -0.2) is 15.2 Å². The molecule has 4 aromatic rings. The first kappa shape index (κ1) is 45.1. The molecule has 62 heavy (non-hydrogen) atoms. The fourth-order valence-electron chi connectivity index (χ4n) is 8.92. The van der Waals surface area contributed by atoms with E-state index in [1.807, 2.05) is 39.1 Å². The molecule has 0 saturated carbocycles. The molecule has 4 atom stereocenters. The van der Waals surface area contributed by atoms with Crippen molar-refractivity contribution in [2.45, 2.75) is 110 Å². The van der Waals surface area contributed by atoms with Crippen LogP contribution in [0.2, 0.25) is 0 Å². The Morgan fingerprint density at radius 1 is 1.11 bits per heavy atom. The third kappa shape index (κ3) is 8.84. The van der Waals surface area contributed by atoms with E-state index >= 15 is 0 Å². The third-order valence-electron chi connectivity index (χ3n) is 12.7. The summed E-state index contributed by atoms with van der Waals surface area (Å²) in [5, 5.41) is 8.15. The maximum atomic E-state index is 14.6. The summed E-state index contributed by atoms with van der Waals surface area (Å²) in [6, 6.07) is 7.41. The van der Waals surface area contributed by atoms with Crippen molar-refractivity contribution in [2.75, 3.05) is 47.6 Å². The fraction of sp³-hybridized carbons (Fsp3) is 0.565. The highest BCUT2D eigenvalue weighted by Crippen LogP contribution is 2.42. The number of thiazole rings is 1. The minimum atomic E-state index is -1.06. The van der Waals surface area contributed by atoms with Gasteiger partial charge >= 0.3 is 12.0 Å². The molecule has 334 valence electrons. The van der Waals surface area contributed by atoms with E-state index in [-0.39, 0.29) is 31.1 Å². The molecule has 7 rings (SSSR count). The van der Waals surface area contributed by atoms with Crippen LogP contribution in [0.3, 0.4) is 0 Å². The Labute approximate surface area is 368 Å². The van der Waals surface area contributed by atoms with Crippen LogP contribution in [0, 0.1) is 11.3 Å². The number of esters is 1. The first-order valence-electron chi connectivity index (χ1n) is 21.7. The number of rotatable bonds is 9. The number of urea groups is 1. The van der Waals surface area contributed by atoms with Crippen LogP contribution in [0.15, 0.2) is 41.9 Å². The summed E-state index contributed by atoms with van der Waals surface area (Å²) in [4.78, 5) is 69.5. The lowest BCUT2D eigenvalue weighted by molar-refractivity contribution is -0.155. The molecule has 3 aliphatic heterocycles. The summed E-state index contributed by atoms with van der Waals surface area (Å²) in [5.41, 5.74) is 8.87. The molecular formula is C46H62N8O7S. The van der Waals surface area contributed by atoms with Gasteiger partial charge in [0.15, 0.2) is 0 Å². The maximum Gasteiger partial charge on any atom is 0.324 e. The quantitative estimate of drug-likeness (QED) is 0.191. The van der Waals surface area contributed by atoms with Gasteiger partial charge in [-0.15, -0.1) is 11.3 Å². The van der Waals surface area contributed by atoms with Gasteiger partial charge in [-0.3, -0.25) is 24.4 Å². The second-order valence-corrected chi connectivity index (χ2v) is 19.3. The standard InChI is InChI=1S/C46H62N8O7S/c1-11-53-36-17-16-29-20-31(36)32(40(53)30-14-12-18-47-38(30)28(4)59-10)22-45(5,6)24-61-43(57)33-15-13-19-54(50-33)42(56)34(21-37-48-35(29)23-62-37)49-41(55)39(27(2)3)51(8)44(58)52(9)46(7)25-60-26-46/h12,14,16-18,20,23,27-28,33-34,39,50H,11,13,15,19,21-22,24-26H2,1-10H3,(H,49,55)/t28-,33-,34-,39?/m0/s1. The van der Waals surface area contributed by atoms with Gasteiger partial charge in [0.1, 0.15) is 18.1 Å². The number of nitrogens with zero attached hydrogens (tertiary/aromatic N) is 6. The number of fused-ring (bicyclic) bond motifs is 6. The minimum Gasteiger partial charge on any atom is -0.464 e. The van der Waals surface area contributed by atoms with Gasteiger partial charge in [-0.05, 0) is 75.8 Å². The number of aryl methyl sites for hydroxylation is 1. The number of pyridine rings is 1. The van der Waals surface area contributed by atoms with Crippen molar-refractivity contribution in [3.8, 4) is 22.5 Å². The topological polar surface area (TPSA) is 160 Å². The zero-order chi connectivity index (χ0) is 44.7. The second-order valence-electron chi connectivity index (χ2n) is 18.4. The third-order valence-corrected chi connectivity index (χ3v) is 13.6. The number of amides is 4. The van der Waals surface area contributed by atoms with Crippen molar-refractivity contribution in [3.63, 3.8) is 0 Å². The van der Waals surface area contributed by atoms with Gasteiger partial charge in [0.05, 0.1) is 53.6 Å². The zero-order valence-corrected chi connectivity index (χ0v) is 38.6. The molecule has 1 unspecified atom stereocenters. The molecule has 6 heterocycles. The molecule has 2 N–H and O–H groups in total. The van der Waals surface area contributed by atoms with Gasteiger partial charge < -0.3 is 33.9 Å². The van der Waals surface area contributed by atoms with Crippen molar-refractivity contribution in [1.82, 2.24) is 40.1 Å². The summed E-state index contributed by atoms with van der Waals surface area (Å²) in [7, 11) is 5.02. The Bertz CT molecular complexity index is 2320. The lowest BCUT2D eigenvalue weighted by atomic mass is 9.84. The molecule has 0 aliphatic carbocycles. The largest absolute Gasteiger partial charge is 0.464 e. The van der Waals surface area contributed by atoms with Gasteiger partial charge in [0.25, 0.3) is 5.91 Å². The SMILES string of the molecule is CCn1c(-c2cccnc2[C@H](C)OC)c2c3cc(ccc31)-c1csc(n1)C[C@H](NC(=O)C(C(C)C)N(C)C(=O)N(C)C1(C)COC1)C(=O)N1CCC[C@H](N1)C(=O)OCC(C)(C)C2. The Kier molecular flexibility index (Phi) is 13.2. The van der Waals surface area contributed by atoms with Crippen molar-refractivity contribution < 1.29 is 33.4 Å². The highest BCUT2D eigenvalue weighted by Gasteiger charge is 2.44. The average Bonchev–Trinajstić information content (AvgIpc) is 3.84. The molecular weight excluding hydrogens is 809 g/mol. The van der Waals surface area contributed by atoms with Crippen molar-refractivity contribution in [3.05, 3.63) is 58.2 Å². The first-order valence-corrected chi connectivity index (χ1v) is 22.6. The van der Waals surface area contributed by atoms with Crippen LogP contribution in [0.1, 0.15) is 83.7 Å². The number of aromatic nitrogens is 3. The smallest absolute Gasteiger partial charge is 0.324 e. The number of hydrogen-bond acceptors (Lipinski definition) is 11. The van der Waals surface area contributed by atoms with Crippen LogP contribution in [0.5, 0.6) is 0 Å². The summed E-state index contributed by atoms with van der Waals surface area (Å²) < 4.78 is 19.6. The summed E-state index contributed by atoms with van der Waals surface area (Å²) in [6.07, 6.45) is 3.26. The lowest BCUT2D eigenvalue weighted by Crippen LogP contribution is -2.65. The number of ether oxygens (including phenoxy) is 3. The molecule has 3 aliphatic rings. The number of carbonyl (C=O) groups is 4. The normalized spacial score (nSPS) is 21.1. The molecule has 0 spiro atoms. The Balaban J connectivity index is 1.29. The summed E-state index contributed by atoms with van der Waals surface area (Å²) >= 11 is 1.42. The number of likely N-dealkylation sites (N-methyl/N-ethyl adjacent to an activating group) is 2. The lowest BCUT2D eigenvalue weighted by Gasteiger charge is -2.47. The van der Waals surface area contributed by atoms with Crippen molar-refractivity contribution >= 4 is 46.1 Å². The number of hydrogen-bond donors (Lipinski definition) is 2. The predicted octanol–water partition coefficient (Wildman–Crippen LogP) is 6.00. The molecule has 4 amide bonds. The average molecular weight is 871 g/mol. The molecule has 2 saturated heterocycles. The molecule has 2 fully saturated rings. The molecule has 1 aromatic carbocycles. The van der Waals surface area contributed by atoms with Crippen LogP contribution in [-0.4, -0.2) is 124 Å². The highest BCUT2D eigenvalue weighted by molar-refractivity contribution is 7.10. The number of carbonyl (C=O) groups excluding carboxylic acids is 4. The Hall–Kier alpha value is -4.90. The van der Waals surface area contributed by atoms with E-state index in [1.165, 1.54) is 21.2 Å². The number of hydrazine groups is 1. The van der Waals surface area contributed by atoms with Crippen LogP contribution in [-0.2, 0) is 48.0 Å². The highest BCUT2D eigenvalue weighted by atomic mass is 32.1. The number of methoxy groups -OCH3 is 1. The molecule has 0 radical (unpaired) electrons. The fourth-order valence-corrected chi connectivity index (χ4v) is 9.77. The summed E-state index contributed by atoms with van der Waals surface area (Å²) in [6.45, 7) is 16.0. The van der Waals surface area contributed by atoms with Crippen LogP contribution >= 0.6 is 11.3 Å². The zero-order valence-electron chi connectivity index (χ0n) is 37.7. The van der Waals surface area contributed by atoms with Gasteiger partial charge in [-0.2, -0.15) is 0 Å². The van der Waals surface area contributed by atoms with Crippen molar-refractivity contribution in [1.29, 1.82) is 0 Å². The Morgan fingerprint density at radius 2 is 1.87 bits per heavy atom. The van der Waals surface area contributed by atoms with Crippen LogP contribution in [0.25, 0.3) is 33.4 Å². The van der Waals surface area contributed by atoms with Crippen LogP contribution in [0.4, 0.5) is 4.79 Å². The molecule has 15 nitrogen and oxygen atoms in total. The van der Waals surface area contributed by atoms with E-state index in [0.717, 1.165) is 44.7 Å². The van der Waals surface area contributed by atoms with Crippen molar-refractivity contribution in [2.24, 2.45) is 11.3 Å². The van der Waals surface area contributed by atoms with Crippen LogP contribution < -0.4 is 10.7 Å². The Morgan fingerprint density at radius 3 is 2.55 bits per heavy atom. The van der Waals surface area contributed by atoms with E-state index in [1.54, 1.807) is 32.3 Å². The summed E-state index contributed by atoms with van der Waals surface area (Å²) in [5.74, 6) is -1.59. The van der Waals surface area contributed by atoms with E-state index in [0.29, 0.717) is 50.6 Å². The van der Waals surface area contributed by atoms with E-state index in [4.69, 9.17) is 24.2 Å². The van der Waals surface area contributed by atoms with Gasteiger partial charge in [0, 0.05) is 79.7 Å². The van der Waals surface area contributed by atoms with Gasteiger partial charge in [-0.1, -0.05) is 33.8 Å². The monoisotopic (exact) mass is 870 g/mol. The van der Waals surface area contributed by atoms with Gasteiger partial charge in [0.2, 0.25) is 5.91 Å².